The monoisotopic (exact) mass is 1180 g/mol. The minimum absolute atomic E-state index is 0. The molecular weight excluding hydrogens is 1040 g/mol. The number of aliphatic carboxylic acids is 2. The van der Waals surface area contributed by atoms with E-state index >= 15 is 0 Å². The SMILES string of the molecule is CCCCCCCCC(CCCCCCCC)(C(=O)[O-])C(C(=O)[O-])S(=O)(=O)O.CCCC[N+](CCCC)(CCCC)CCCC.CCCC[N+](CCCC)(CCCC)CCCC.CCCC[N+](CCCC)(CCCC)CCCC.[Cl-]. The molecule has 0 aromatic heterocycles. The van der Waals surface area contributed by atoms with E-state index in [1.54, 1.807) is 0 Å². The summed E-state index contributed by atoms with van der Waals surface area (Å²) in [7, 11) is -5.15. The average Bonchev–Trinajstić information content (AvgIpc) is 3.43. The number of carboxylic acids is 2. The number of carbonyl (C=O) groups excluding carboxylic acids is 2. The third kappa shape index (κ3) is 45.4. The lowest BCUT2D eigenvalue weighted by molar-refractivity contribution is -0.929. The fraction of sp³-hybridized carbons (Fsp3) is 0.971. The number of hydrogen-bond acceptors (Lipinski definition) is 6. The Morgan fingerprint density at radius 2 is 0.487 bits per heavy atom. The number of nitrogens with zero attached hydrogens (tertiary/aromatic N) is 3. The van der Waals surface area contributed by atoms with Crippen LogP contribution in [0.1, 0.15) is 341 Å². The van der Waals surface area contributed by atoms with Gasteiger partial charge < -0.3 is 45.7 Å². The van der Waals surface area contributed by atoms with Crippen LogP contribution in [0.15, 0.2) is 0 Å². The maximum atomic E-state index is 12.0. The van der Waals surface area contributed by atoms with Crippen molar-refractivity contribution in [2.24, 2.45) is 5.41 Å². The summed E-state index contributed by atoms with van der Waals surface area (Å²) in [6.45, 7) is 49.2. The van der Waals surface area contributed by atoms with Crippen LogP contribution in [-0.4, -0.2) is 122 Å². The largest absolute Gasteiger partial charge is 1.00 e. The lowest BCUT2D eigenvalue weighted by atomic mass is 9.74. The Morgan fingerprint density at radius 1 is 0.325 bits per heavy atom. The zero-order valence-corrected chi connectivity index (χ0v) is 58.0. The zero-order valence-electron chi connectivity index (χ0n) is 56.5. The zero-order chi connectivity index (χ0) is 60.6. The van der Waals surface area contributed by atoms with Crippen molar-refractivity contribution in [1.82, 2.24) is 0 Å². The summed E-state index contributed by atoms with van der Waals surface area (Å²) in [4.78, 5) is 23.5. The summed E-state index contributed by atoms with van der Waals surface area (Å²) in [5, 5.41) is 21.0. The van der Waals surface area contributed by atoms with Gasteiger partial charge in [-0.15, -0.1) is 0 Å². The Kier molecular flexibility index (Phi) is 65.6. The van der Waals surface area contributed by atoms with Crippen molar-refractivity contribution in [1.29, 1.82) is 0 Å². The fourth-order valence-electron chi connectivity index (χ4n) is 11.7. The molecular formula is C68H144ClN3O7S. The van der Waals surface area contributed by atoms with Gasteiger partial charge in [0.25, 0.3) is 10.1 Å². The topological polar surface area (TPSA) is 135 Å². The van der Waals surface area contributed by atoms with E-state index in [0.29, 0.717) is 25.7 Å². The first-order valence-corrected chi connectivity index (χ1v) is 36.3. The minimum Gasteiger partial charge on any atom is -1.00 e. The second-order valence-corrected chi connectivity index (χ2v) is 26.1. The highest BCUT2D eigenvalue weighted by atomic mass is 35.5. The van der Waals surface area contributed by atoms with Gasteiger partial charge in [-0.05, 0) is 89.9 Å². The quantitative estimate of drug-likeness (QED) is 0.0364. The number of quaternary nitrogens is 3. The van der Waals surface area contributed by atoms with Gasteiger partial charge in [-0.2, -0.15) is 8.42 Å². The number of hydrogen-bond donors (Lipinski definition) is 1. The molecule has 0 radical (unpaired) electrons. The summed E-state index contributed by atoms with van der Waals surface area (Å²) in [6.07, 6.45) is 42.8. The van der Waals surface area contributed by atoms with Gasteiger partial charge in [0.1, 0.15) is 5.25 Å². The van der Waals surface area contributed by atoms with Crippen molar-refractivity contribution in [3.05, 3.63) is 0 Å². The molecule has 0 saturated heterocycles. The standard InChI is InChI=1S/C20H38O7S.3C16H36N.ClH/c1-3-5-7-9-11-13-15-20(19(23)24,16-14-12-10-8-6-4-2)17(18(21)22)28(25,26)27;3*1-5-9-13-17(14-10-6-2,15-11-7-3)16-12-8-4;/h17H,3-16H2,1-2H3,(H,21,22)(H,23,24)(H,25,26,27);3*5-16H2,1-4H3;1H/q;3*+1;/p-3. The van der Waals surface area contributed by atoms with Gasteiger partial charge in [-0.3, -0.25) is 4.55 Å². The first kappa shape index (κ1) is 87.8. The number of carboxylic acid groups (broad SMARTS) is 2. The van der Waals surface area contributed by atoms with Gasteiger partial charge in [0.05, 0.1) is 84.5 Å². The predicted octanol–water partition coefficient (Wildman–Crippen LogP) is 14.2. The van der Waals surface area contributed by atoms with E-state index in [4.69, 9.17) is 0 Å². The van der Waals surface area contributed by atoms with Crippen LogP contribution < -0.4 is 22.6 Å². The number of rotatable bonds is 54. The van der Waals surface area contributed by atoms with Gasteiger partial charge >= 0.3 is 0 Å². The van der Waals surface area contributed by atoms with Crippen LogP contribution in [0.2, 0.25) is 0 Å². The molecule has 0 heterocycles. The van der Waals surface area contributed by atoms with E-state index in [2.05, 4.69) is 96.9 Å². The summed E-state index contributed by atoms with van der Waals surface area (Å²) < 4.78 is 37.1. The van der Waals surface area contributed by atoms with Crippen molar-refractivity contribution in [3.8, 4) is 0 Å². The smallest absolute Gasteiger partial charge is 0.274 e. The molecule has 0 spiro atoms. The van der Waals surface area contributed by atoms with E-state index in [1.165, 1.54) is 246 Å². The van der Waals surface area contributed by atoms with E-state index in [0.717, 1.165) is 51.4 Å². The normalized spacial score (nSPS) is 12.3. The molecule has 10 nitrogen and oxygen atoms in total. The third-order valence-electron chi connectivity index (χ3n) is 17.2. The Labute approximate surface area is 508 Å². The molecule has 0 bridgehead atoms. The van der Waals surface area contributed by atoms with Gasteiger partial charge in [0, 0.05) is 11.4 Å². The van der Waals surface area contributed by atoms with Crippen molar-refractivity contribution in [3.63, 3.8) is 0 Å². The fourth-order valence-corrected chi connectivity index (χ4v) is 12.9. The molecule has 0 saturated carbocycles. The second-order valence-electron chi connectivity index (χ2n) is 24.6. The van der Waals surface area contributed by atoms with Crippen LogP contribution in [-0.2, 0) is 19.7 Å². The molecule has 0 aromatic rings. The van der Waals surface area contributed by atoms with Crippen LogP contribution >= 0.6 is 0 Å². The van der Waals surface area contributed by atoms with Gasteiger partial charge in [0.2, 0.25) is 0 Å². The van der Waals surface area contributed by atoms with Crippen molar-refractivity contribution in [2.45, 2.75) is 346 Å². The van der Waals surface area contributed by atoms with Gasteiger partial charge in [-0.25, -0.2) is 0 Å². The molecule has 12 heteroatoms. The van der Waals surface area contributed by atoms with Crippen LogP contribution in [0, 0.1) is 5.41 Å². The highest BCUT2D eigenvalue weighted by molar-refractivity contribution is 7.87. The van der Waals surface area contributed by atoms with E-state index in [9.17, 15) is 32.8 Å². The molecule has 80 heavy (non-hydrogen) atoms. The third-order valence-corrected chi connectivity index (χ3v) is 18.4. The van der Waals surface area contributed by atoms with E-state index in [1.807, 2.05) is 0 Å². The van der Waals surface area contributed by atoms with Gasteiger partial charge in [0.15, 0.2) is 0 Å². The highest BCUT2D eigenvalue weighted by Gasteiger charge is 2.47. The van der Waals surface area contributed by atoms with Crippen molar-refractivity contribution in [2.75, 3.05) is 78.5 Å². The Bertz CT molecular complexity index is 1200. The molecule has 0 fully saturated rings. The van der Waals surface area contributed by atoms with Crippen LogP contribution in [0.4, 0.5) is 0 Å². The molecule has 0 rings (SSSR count). The van der Waals surface area contributed by atoms with E-state index in [-0.39, 0.29) is 25.2 Å². The van der Waals surface area contributed by atoms with E-state index < -0.39 is 32.7 Å². The van der Waals surface area contributed by atoms with Crippen LogP contribution in [0.3, 0.4) is 0 Å². The van der Waals surface area contributed by atoms with Crippen LogP contribution in [0.25, 0.3) is 0 Å². The predicted molar refractivity (Wildman–Crippen MR) is 342 cm³/mol. The minimum atomic E-state index is -5.15. The molecule has 1 N–H and O–H groups in total. The molecule has 486 valence electrons. The van der Waals surface area contributed by atoms with Crippen LogP contribution in [0.5, 0.6) is 0 Å². The number of unbranched alkanes of at least 4 members (excludes halogenated alkanes) is 22. The number of halogens is 1. The Morgan fingerprint density at radius 3 is 0.625 bits per heavy atom. The summed E-state index contributed by atoms with van der Waals surface area (Å²) in [5.41, 5.74) is -2.18. The Balaban J connectivity index is -0.000000320. The molecule has 0 aliphatic carbocycles. The summed E-state index contributed by atoms with van der Waals surface area (Å²) in [6, 6.07) is 0. The van der Waals surface area contributed by atoms with Crippen molar-refractivity contribution < 1.29 is 58.6 Å². The summed E-state index contributed by atoms with van der Waals surface area (Å²) in [5.74, 6) is -3.84. The Hall–Kier alpha value is -0.980. The highest BCUT2D eigenvalue weighted by Crippen LogP contribution is 2.39. The maximum Gasteiger partial charge on any atom is 0.274 e. The first-order valence-electron chi connectivity index (χ1n) is 34.8. The first-order chi connectivity index (χ1) is 37.9. The lowest BCUT2D eigenvalue weighted by Crippen LogP contribution is -3.00. The van der Waals surface area contributed by atoms with Gasteiger partial charge in [-0.1, -0.05) is 251 Å². The molecule has 1 atom stereocenters. The molecule has 0 amide bonds. The number of carbonyl (C=O) groups is 2. The lowest BCUT2D eigenvalue weighted by Gasteiger charge is -2.40. The molecule has 0 aliphatic rings. The summed E-state index contributed by atoms with van der Waals surface area (Å²) >= 11 is 0. The molecule has 0 aliphatic heterocycles. The average molecular weight is 1180 g/mol. The second kappa shape index (κ2) is 59.7. The maximum absolute atomic E-state index is 12.0. The van der Waals surface area contributed by atoms with Crippen molar-refractivity contribution >= 4 is 22.1 Å². The molecule has 0 aromatic carbocycles. The molecule has 1 unspecified atom stereocenters.